The number of para-hydroxylation sites is 1. The zero-order valence-electron chi connectivity index (χ0n) is 20.1. The van der Waals surface area contributed by atoms with Gasteiger partial charge in [0.1, 0.15) is 0 Å². The predicted molar refractivity (Wildman–Crippen MR) is 159 cm³/mol. The average molecular weight is 549 g/mol. The van der Waals surface area contributed by atoms with Gasteiger partial charge in [-0.2, -0.15) is 0 Å². The topological polar surface area (TPSA) is 43.6 Å². The van der Waals surface area contributed by atoms with Gasteiger partial charge in [0.25, 0.3) is 0 Å². The average Bonchev–Trinajstić information content (AvgIpc) is 3.53. The molecule has 0 bridgehead atoms. The third kappa shape index (κ3) is 2.62. The third-order valence-corrected chi connectivity index (χ3v) is 10.2. The van der Waals surface area contributed by atoms with Crippen molar-refractivity contribution >= 4 is 88.0 Å². The van der Waals surface area contributed by atoms with E-state index in [9.17, 15) is 0 Å². The Morgan fingerprint density at radius 1 is 0.605 bits per heavy atom. The van der Waals surface area contributed by atoms with Crippen molar-refractivity contribution in [3.63, 3.8) is 0 Å². The minimum atomic E-state index is 0.212. The molecule has 0 unspecified atom stereocenters. The predicted octanol–water partition coefficient (Wildman–Crippen LogP) is 7.79. The van der Waals surface area contributed by atoms with E-state index < -0.39 is 0 Å². The Balaban J connectivity index is 1.53. The summed E-state index contributed by atoms with van der Waals surface area (Å²) in [6, 6.07) is 32.3. The van der Waals surface area contributed by atoms with Gasteiger partial charge in [0.05, 0.1) is 0 Å². The maximum atomic E-state index is 5.17. The first-order valence-corrected chi connectivity index (χ1v) is 14.3. The molecule has 0 saturated heterocycles. The van der Waals surface area contributed by atoms with Crippen LogP contribution in [0.3, 0.4) is 0 Å². The monoisotopic (exact) mass is 550 g/mol. The number of rotatable bonds is 1. The molecule has 4 heterocycles. The van der Waals surface area contributed by atoms with Crippen molar-refractivity contribution in [2.24, 2.45) is 0 Å². The molecule has 5 aromatic carbocycles. The van der Waals surface area contributed by atoms with Gasteiger partial charge in [-0.15, -0.1) is 0 Å². The van der Waals surface area contributed by atoms with Gasteiger partial charge in [-0.05, 0) is 0 Å². The minimum absolute atomic E-state index is 0.212. The van der Waals surface area contributed by atoms with Gasteiger partial charge in [0, 0.05) is 0 Å². The summed E-state index contributed by atoms with van der Waals surface area (Å²) in [6.45, 7) is 0. The summed E-state index contributed by atoms with van der Waals surface area (Å²) < 4.78 is 5.12. The normalized spacial score (nSPS) is 12.2. The number of aromatic nitrogens is 4. The van der Waals surface area contributed by atoms with Gasteiger partial charge in [-0.3, -0.25) is 0 Å². The zero-order chi connectivity index (χ0) is 24.8. The molecule has 4 aromatic heterocycles. The fourth-order valence-corrected chi connectivity index (χ4v) is 8.71. The first kappa shape index (κ1) is 20.5. The van der Waals surface area contributed by atoms with Crippen molar-refractivity contribution in [1.29, 1.82) is 0 Å². The fourth-order valence-electron chi connectivity index (χ4n) is 6.10. The van der Waals surface area contributed by atoms with Crippen molar-refractivity contribution in [2.75, 3.05) is 0 Å². The van der Waals surface area contributed by atoms with Gasteiger partial charge in [-0.1, -0.05) is 0 Å². The van der Waals surface area contributed by atoms with E-state index >= 15 is 0 Å². The molecule has 0 spiro atoms. The van der Waals surface area contributed by atoms with Crippen LogP contribution in [-0.4, -0.2) is 34.0 Å². The Kier molecular flexibility index (Phi) is 4.03. The number of hydrogen-bond donors (Lipinski definition) is 0. The molecular weight excluding hydrogens is 531 g/mol. The van der Waals surface area contributed by atoms with E-state index in [1.165, 1.54) is 57.1 Å². The molecule has 9 aromatic rings. The molecule has 0 fully saturated rings. The van der Waals surface area contributed by atoms with E-state index in [1.54, 1.807) is 0 Å². The van der Waals surface area contributed by atoms with E-state index in [1.807, 2.05) is 18.6 Å². The number of nitrogens with zero attached hydrogens (tertiary/aromatic N) is 4. The number of pyridine rings is 1. The summed E-state index contributed by atoms with van der Waals surface area (Å²) >= 11 is 0.212. The van der Waals surface area contributed by atoms with Crippen LogP contribution in [0.15, 0.2) is 110 Å². The van der Waals surface area contributed by atoms with Crippen molar-refractivity contribution in [1.82, 2.24) is 19.5 Å². The van der Waals surface area contributed by atoms with Crippen LogP contribution in [-0.2, 0) is 0 Å². The van der Waals surface area contributed by atoms with Crippen molar-refractivity contribution in [3.05, 3.63) is 110 Å². The zero-order valence-corrected chi connectivity index (χ0v) is 21.8. The van der Waals surface area contributed by atoms with Gasteiger partial charge < -0.3 is 0 Å². The molecule has 0 aliphatic heterocycles. The molecule has 0 saturated carbocycles. The van der Waals surface area contributed by atoms with Crippen LogP contribution in [0.1, 0.15) is 0 Å². The molecule has 5 heteroatoms. The molecule has 38 heavy (non-hydrogen) atoms. The first-order valence-electron chi connectivity index (χ1n) is 12.6. The van der Waals surface area contributed by atoms with Crippen LogP contribution in [0.5, 0.6) is 0 Å². The van der Waals surface area contributed by atoms with Crippen LogP contribution in [0.2, 0.25) is 0 Å². The Labute approximate surface area is 222 Å². The summed E-state index contributed by atoms with van der Waals surface area (Å²) in [5.74, 6) is 0.696. The van der Waals surface area contributed by atoms with Crippen LogP contribution in [0.4, 0.5) is 0 Å². The maximum absolute atomic E-state index is 5.17. The first-order chi connectivity index (χ1) is 18.9. The quantitative estimate of drug-likeness (QED) is 0.155. The number of fused-ring (bicyclic) bond motifs is 13. The van der Waals surface area contributed by atoms with E-state index in [0.717, 1.165) is 16.4 Å². The van der Waals surface area contributed by atoms with Gasteiger partial charge in [0.2, 0.25) is 0 Å². The summed E-state index contributed by atoms with van der Waals surface area (Å²) in [4.78, 5) is 14.7. The van der Waals surface area contributed by atoms with E-state index in [0.29, 0.717) is 5.95 Å². The summed E-state index contributed by atoms with van der Waals surface area (Å²) in [5.41, 5.74) is 3.23. The molecule has 9 rings (SSSR count). The molecule has 4 nitrogen and oxygen atoms in total. The molecule has 0 N–H and O–H groups in total. The molecular formula is C33H18N4Se. The van der Waals surface area contributed by atoms with E-state index in [-0.39, 0.29) is 14.5 Å². The van der Waals surface area contributed by atoms with Crippen LogP contribution in [0.25, 0.3) is 79.5 Å². The van der Waals surface area contributed by atoms with Crippen molar-refractivity contribution < 1.29 is 0 Å². The molecule has 0 radical (unpaired) electrons. The molecule has 0 atom stereocenters. The second-order valence-corrected chi connectivity index (χ2v) is 11.9. The third-order valence-electron chi connectivity index (χ3n) is 7.72. The second kappa shape index (κ2) is 7.48. The number of benzene rings is 5. The summed E-state index contributed by atoms with van der Waals surface area (Å²) in [5, 5.41) is 11.0. The standard InChI is InChI=1S/C33H18N4Se/c1-2-8-20-19(7-1)13-14-26-24(20)18-35-33(36-26)37-27-11-5-3-9-22(27)29-25-17-34-16-15-21(25)32-30(31(29)37)23-10-4-6-12-28(23)38-32/h1-18H. The molecule has 0 aliphatic rings. The van der Waals surface area contributed by atoms with E-state index in [2.05, 4.69) is 101 Å². The summed E-state index contributed by atoms with van der Waals surface area (Å²) in [6.07, 6.45) is 5.94. The Bertz CT molecular complexity index is 2420. The number of hydrogen-bond acceptors (Lipinski definition) is 3. The van der Waals surface area contributed by atoms with Crippen molar-refractivity contribution in [3.8, 4) is 5.95 Å². The Morgan fingerprint density at radius 3 is 2.37 bits per heavy atom. The van der Waals surface area contributed by atoms with Crippen LogP contribution >= 0.6 is 0 Å². The summed E-state index contributed by atoms with van der Waals surface area (Å²) in [7, 11) is 0. The van der Waals surface area contributed by atoms with Crippen LogP contribution < -0.4 is 0 Å². The molecule has 0 aliphatic carbocycles. The van der Waals surface area contributed by atoms with Crippen LogP contribution in [0, 0.1) is 0 Å². The Morgan fingerprint density at radius 2 is 1.42 bits per heavy atom. The molecule has 0 amide bonds. The van der Waals surface area contributed by atoms with Crippen molar-refractivity contribution in [2.45, 2.75) is 0 Å². The Hall–Kier alpha value is -4.57. The SMILES string of the molecule is c1ccc2c(c1)ccc1nc(-n3c4ccccc4c4c5cnccc5c5[se]c6ccccc6c5c43)ncc12. The van der Waals surface area contributed by atoms with Gasteiger partial charge >= 0.3 is 223 Å². The fraction of sp³-hybridized carbons (Fsp3) is 0. The second-order valence-electron chi connectivity index (χ2n) is 9.69. The van der Waals surface area contributed by atoms with Gasteiger partial charge in [0.15, 0.2) is 0 Å². The van der Waals surface area contributed by atoms with Gasteiger partial charge in [-0.25, -0.2) is 0 Å². The molecule has 176 valence electrons. The van der Waals surface area contributed by atoms with E-state index in [4.69, 9.17) is 9.97 Å².